The first-order chi connectivity index (χ1) is 11.4. The van der Waals surface area contributed by atoms with Gasteiger partial charge >= 0.3 is 0 Å². The molecule has 1 fully saturated rings. The van der Waals surface area contributed by atoms with Crippen LogP contribution in [0.4, 0.5) is 0 Å². The lowest BCUT2D eigenvalue weighted by atomic mass is 10.2. The van der Waals surface area contributed by atoms with Gasteiger partial charge in [-0.15, -0.1) is 24.0 Å². The van der Waals surface area contributed by atoms with Gasteiger partial charge in [-0.1, -0.05) is 13.8 Å². The standard InChI is InChI=1S/C16H34N4O3S.HI/c1-5-17-16(18-9-11-23-12-13-24(4,21)22)20-10-8-15(14-20)19(6-2)7-3;/h15H,5-14H2,1-4H3,(H,17,18);1H. The first-order valence-electron chi connectivity index (χ1n) is 8.94. The summed E-state index contributed by atoms with van der Waals surface area (Å²) in [5.41, 5.74) is 0. The van der Waals surface area contributed by atoms with E-state index < -0.39 is 9.84 Å². The lowest BCUT2D eigenvalue weighted by molar-refractivity contribution is 0.157. The number of hydrogen-bond donors (Lipinski definition) is 1. The van der Waals surface area contributed by atoms with Crippen molar-refractivity contribution in [3.05, 3.63) is 0 Å². The zero-order valence-corrected chi connectivity index (χ0v) is 19.2. The van der Waals surface area contributed by atoms with Crippen molar-refractivity contribution < 1.29 is 13.2 Å². The molecular weight excluding hydrogens is 455 g/mol. The fraction of sp³-hybridized carbons (Fsp3) is 0.938. The van der Waals surface area contributed by atoms with E-state index in [0.717, 1.165) is 45.1 Å². The van der Waals surface area contributed by atoms with Crippen LogP contribution in [0.1, 0.15) is 27.2 Å². The molecule has 7 nitrogen and oxygen atoms in total. The summed E-state index contributed by atoms with van der Waals surface area (Å²) in [6, 6.07) is 0.592. The molecule has 1 atom stereocenters. The molecule has 1 aliphatic heterocycles. The fourth-order valence-electron chi connectivity index (χ4n) is 2.93. The first-order valence-corrected chi connectivity index (χ1v) is 11.0. The van der Waals surface area contributed by atoms with Crippen LogP contribution in [0.15, 0.2) is 4.99 Å². The number of rotatable bonds is 10. The highest BCUT2D eigenvalue weighted by Crippen LogP contribution is 2.15. The summed E-state index contributed by atoms with van der Waals surface area (Å²) in [6.45, 7) is 12.7. The molecule has 0 spiro atoms. The minimum absolute atomic E-state index is 0. The van der Waals surface area contributed by atoms with Crippen molar-refractivity contribution >= 4 is 39.8 Å². The van der Waals surface area contributed by atoms with Crippen molar-refractivity contribution in [2.45, 2.75) is 33.2 Å². The lowest BCUT2D eigenvalue weighted by Gasteiger charge is -2.27. The number of hydrogen-bond acceptors (Lipinski definition) is 5. The maximum absolute atomic E-state index is 11.0. The Labute approximate surface area is 170 Å². The molecule has 9 heteroatoms. The van der Waals surface area contributed by atoms with E-state index in [1.54, 1.807) is 0 Å². The van der Waals surface area contributed by atoms with E-state index >= 15 is 0 Å². The maximum atomic E-state index is 11.0. The zero-order chi connectivity index (χ0) is 18.0. The third-order valence-corrected chi connectivity index (χ3v) is 5.13. The lowest BCUT2D eigenvalue weighted by Crippen LogP contribution is -2.43. The molecule has 0 aliphatic carbocycles. The topological polar surface area (TPSA) is 74.2 Å². The molecule has 0 bridgehead atoms. The summed E-state index contributed by atoms with van der Waals surface area (Å²) in [5.74, 6) is 0.993. The molecule has 0 aromatic carbocycles. The number of ether oxygens (including phenoxy) is 1. The molecule has 150 valence electrons. The van der Waals surface area contributed by atoms with Gasteiger partial charge in [0.25, 0.3) is 0 Å². The smallest absolute Gasteiger partial charge is 0.194 e. The largest absolute Gasteiger partial charge is 0.378 e. The Morgan fingerprint density at radius 1 is 1.28 bits per heavy atom. The summed E-state index contributed by atoms with van der Waals surface area (Å²) in [6.07, 6.45) is 2.38. The van der Waals surface area contributed by atoms with Gasteiger partial charge in [0.15, 0.2) is 5.96 Å². The molecule has 1 saturated heterocycles. The fourth-order valence-corrected chi connectivity index (χ4v) is 3.35. The van der Waals surface area contributed by atoms with Crippen LogP contribution in [0.3, 0.4) is 0 Å². The van der Waals surface area contributed by atoms with Gasteiger partial charge in [0.2, 0.25) is 0 Å². The number of nitrogens with zero attached hydrogens (tertiary/aromatic N) is 3. The van der Waals surface area contributed by atoms with Gasteiger partial charge in [0.1, 0.15) is 9.84 Å². The zero-order valence-electron chi connectivity index (χ0n) is 16.0. The van der Waals surface area contributed by atoms with Gasteiger partial charge < -0.3 is 15.0 Å². The highest BCUT2D eigenvalue weighted by Gasteiger charge is 2.27. The van der Waals surface area contributed by atoms with Gasteiger partial charge in [-0.05, 0) is 26.4 Å². The molecule has 0 aromatic heterocycles. The highest BCUT2D eigenvalue weighted by atomic mass is 127. The van der Waals surface area contributed by atoms with E-state index in [9.17, 15) is 8.42 Å². The Morgan fingerprint density at radius 3 is 2.52 bits per heavy atom. The summed E-state index contributed by atoms with van der Waals surface area (Å²) >= 11 is 0. The summed E-state index contributed by atoms with van der Waals surface area (Å²) in [4.78, 5) is 9.42. The van der Waals surface area contributed by atoms with Crippen LogP contribution in [0.25, 0.3) is 0 Å². The van der Waals surface area contributed by atoms with E-state index in [2.05, 4.69) is 40.9 Å². The molecule has 0 amide bonds. The highest BCUT2D eigenvalue weighted by molar-refractivity contribution is 14.0. The van der Waals surface area contributed by atoms with Crippen molar-refractivity contribution in [1.29, 1.82) is 0 Å². The molecule has 1 aliphatic rings. The minimum Gasteiger partial charge on any atom is -0.378 e. The number of likely N-dealkylation sites (tertiary alicyclic amines) is 1. The number of guanidine groups is 1. The second-order valence-corrected chi connectivity index (χ2v) is 8.35. The van der Waals surface area contributed by atoms with E-state index in [4.69, 9.17) is 4.74 Å². The predicted molar refractivity (Wildman–Crippen MR) is 115 cm³/mol. The molecule has 0 saturated carbocycles. The molecule has 1 rings (SSSR count). The third kappa shape index (κ3) is 9.95. The van der Waals surface area contributed by atoms with Gasteiger partial charge in [0.05, 0.1) is 25.5 Å². The van der Waals surface area contributed by atoms with Gasteiger partial charge in [-0.25, -0.2) is 8.42 Å². The van der Waals surface area contributed by atoms with E-state index in [-0.39, 0.29) is 36.3 Å². The number of halogens is 1. The Balaban J connectivity index is 0.00000576. The minimum atomic E-state index is -2.95. The SMILES string of the molecule is CCNC(=NCCOCCS(C)(=O)=O)N1CCC(N(CC)CC)C1.I. The van der Waals surface area contributed by atoms with E-state index in [1.807, 2.05) is 0 Å². The van der Waals surface area contributed by atoms with Crippen LogP contribution in [0, 0.1) is 0 Å². The van der Waals surface area contributed by atoms with Crippen LogP contribution in [0.2, 0.25) is 0 Å². The van der Waals surface area contributed by atoms with Crippen LogP contribution >= 0.6 is 24.0 Å². The Morgan fingerprint density at radius 2 is 1.96 bits per heavy atom. The molecule has 1 unspecified atom stereocenters. The normalized spacial score (nSPS) is 18.5. The van der Waals surface area contributed by atoms with E-state index in [0.29, 0.717) is 19.2 Å². The van der Waals surface area contributed by atoms with Crippen molar-refractivity contribution in [3.63, 3.8) is 0 Å². The van der Waals surface area contributed by atoms with Crippen LogP contribution in [0.5, 0.6) is 0 Å². The second-order valence-electron chi connectivity index (χ2n) is 6.09. The monoisotopic (exact) mass is 490 g/mol. The Kier molecular flexibility index (Phi) is 13.0. The van der Waals surface area contributed by atoms with Gasteiger partial charge in [0, 0.05) is 31.9 Å². The number of nitrogens with one attached hydrogen (secondary N) is 1. The van der Waals surface area contributed by atoms with E-state index in [1.165, 1.54) is 6.26 Å². The summed E-state index contributed by atoms with van der Waals surface area (Å²) in [7, 11) is -2.95. The van der Waals surface area contributed by atoms with Crippen LogP contribution in [-0.2, 0) is 14.6 Å². The van der Waals surface area contributed by atoms with Gasteiger partial charge in [-0.3, -0.25) is 9.89 Å². The average molecular weight is 490 g/mol. The Bertz CT molecular complexity index is 484. The number of sulfone groups is 1. The summed E-state index contributed by atoms with van der Waals surface area (Å²) in [5, 5.41) is 3.34. The molecule has 25 heavy (non-hydrogen) atoms. The maximum Gasteiger partial charge on any atom is 0.194 e. The number of aliphatic imine (C=N–C) groups is 1. The third-order valence-electron chi connectivity index (χ3n) is 4.22. The Hall–Kier alpha value is -0.130. The second kappa shape index (κ2) is 13.1. The van der Waals surface area contributed by atoms with Crippen LogP contribution < -0.4 is 5.32 Å². The quantitative estimate of drug-likeness (QED) is 0.214. The van der Waals surface area contributed by atoms with Crippen LogP contribution in [-0.4, -0.2) is 94.7 Å². The average Bonchev–Trinajstić information content (AvgIpc) is 2.99. The van der Waals surface area contributed by atoms with Crippen molar-refractivity contribution in [2.75, 3.05) is 64.5 Å². The molecule has 1 N–H and O–H groups in total. The molecule has 0 radical (unpaired) electrons. The van der Waals surface area contributed by atoms with Gasteiger partial charge in [-0.2, -0.15) is 0 Å². The van der Waals surface area contributed by atoms with Crippen molar-refractivity contribution in [1.82, 2.24) is 15.1 Å². The summed E-state index contributed by atoms with van der Waals surface area (Å²) < 4.78 is 27.4. The first kappa shape index (κ1) is 24.9. The van der Waals surface area contributed by atoms with Crippen molar-refractivity contribution in [3.8, 4) is 0 Å². The van der Waals surface area contributed by atoms with Crippen molar-refractivity contribution in [2.24, 2.45) is 4.99 Å². The molecule has 1 heterocycles. The number of likely N-dealkylation sites (N-methyl/N-ethyl adjacent to an activating group) is 1. The molecular formula is C16H35IN4O3S. The predicted octanol–water partition coefficient (Wildman–Crippen LogP) is 1.05. The molecule has 0 aromatic rings.